The zero-order chi connectivity index (χ0) is 21.4. The molecule has 1 atom stereocenters. The van der Waals surface area contributed by atoms with Gasteiger partial charge in [-0.3, -0.25) is 4.79 Å². The van der Waals surface area contributed by atoms with E-state index >= 15 is 0 Å². The lowest BCUT2D eigenvalue weighted by atomic mass is 9.72. The topological polar surface area (TPSA) is 61.4 Å². The number of thioether (sulfide) groups is 1. The second kappa shape index (κ2) is 8.60. The fourth-order valence-electron chi connectivity index (χ4n) is 5.16. The minimum atomic E-state index is -0.459. The van der Waals surface area contributed by atoms with E-state index in [0.29, 0.717) is 10.3 Å². The second-order valence-corrected chi connectivity index (χ2v) is 10.4. The van der Waals surface area contributed by atoms with Crippen molar-refractivity contribution in [3.05, 3.63) is 52.4 Å². The zero-order valence-electron chi connectivity index (χ0n) is 17.8. The fourth-order valence-corrected chi connectivity index (χ4v) is 6.34. The number of halogens is 1. The van der Waals surface area contributed by atoms with Crippen molar-refractivity contribution in [2.45, 2.75) is 36.2 Å². The number of hydrogen-bond acceptors (Lipinski definition) is 6. The highest BCUT2D eigenvalue weighted by Gasteiger charge is 2.44. The molecule has 2 fully saturated rings. The summed E-state index contributed by atoms with van der Waals surface area (Å²) in [7, 11) is 0. The van der Waals surface area contributed by atoms with Crippen molar-refractivity contribution in [2.24, 2.45) is 0 Å². The molecule has 0 saturated carbocycles. The Bertz CT molecular complexity index is 955. The van der Waals surface area contributed by atoms with E-state index in [1.165, 1.54) is 5.56 Å². The summed E-state index contributed by atoms with van der Waals surface area (Å²) in [5, 5.41) is 4.55. The Balaban J connectivity index is 1.35. The Morgan fingerprint density at radius 1 is 1.13 bits per heavy atom. The predicted octanol–water partition coefficient (Wildman–Crippen LogP) is 3.41. The number of amides is 1. The molecule has 0 spiro atoms. The lowest BCUT2D eigenvalue weighted by Crippen LogP contribution is -2.57. The number of anilines is 1. The lowest BCUT2D eigenvalue weighted by Gasteiger charge is -2.43. The average Bonchev–Trinajstić information content (AvgIpc) is 3.21. The van der Waals surface area contributed by atoms with Crippen LogP contribution in [0.25, 0.3) is 0 Å². The Kier molecular flexibility index (Phi) is 5.84. The molecule has 1 amide bonds. The van der Waals surface area contributed by atoms with Crippen molar-refractivity contribution in [1.82, 2.24) is 20.2 Å². The van der Waals surface area contributed by atoms with Crippen molar-refractivity contribution < 1.29 is 4.79 Å². The number of piperazine rings is 1. The number of hydrogen-bond donors (Lipinski definition) is 1. The Morgan fingerprint density at radius 2 is 1.84 bits per heavy atom. The molecule has 0 radical (unpaired) electrons. The van der Waals surface area contributed by atoms with Gasteiger partial charge < -0.3 is 15.1 Å². The summed E-state index contributed by atoms with van der Waals surface area (Å²) >= 11 is 8.04. The maximum Gasteiger partial charge on any atom is 0.233 e. The van der Waals surface area contributed by atoms with Gasteiger partial charge in [0.15, 0.2) is 0 Å². The molecule has 0 bridgehead atoms. The van der Waals surface area contributed by atoms with Crippen LogP contribution in [-0.2, 0) is 16.0 Å². The highest BCUT2D eigenvalue weighted by Crippen LogP contribution is 2.44. The average molecular weight is 458 g/mol. The summed E-state index contributed by atoms with van der Waals surface area (Å²) in [5.41, 5.74) is 3.07. The minimum absolute atomic E-state index is 0.257. The Labute approximate surface area is 192 Å². The molecule has 3 aliphatic heterocycles. The summed E-state index contributed by atoms with van der Waals surface area (Å²) in [6.45, 7) is 7.01. The molecule has 2 saturated heterocycles. The Morgan fingerprint density at radius 3 is 2.55 bits per heavy atom. The van der Waals surface area contributed by atoms with Gasteiger partial charge in [-0.1, -0.05) is 23.7 Å². The van der Waals surface area contributed by atoms with Crippen LogP contribution in [0.3, 0.4) is 0 Å². The van der Waals surface area contributed by atoms with Crippen LogP contribution in [0.5, 0.6) is 0 Å². The van der Waals surface area contributed by atoms with Crippen molar-refractivity contribution in [2.75, 3.05) is 44.2 Å². The molecule has 1 aromatic carbocycles. The highest BCUT2D eigenvalue weighted by molar-refractivity contribution is 7.99. The molecule has 31 heavy (non-hydrogen) atoms. The largest absolute Gasteiger partial charge is 0.353 e. The van der Waals surface area contributed by atoms with E-state index in [9.17, 15) is 4.79 Å². The van der Waals surface area contributed by atoms with Crippen molar-refractivity contribution in [1.29, 1.82) is 0 Å². The molecule has 6 nitrogen and oxygen atoms in total. The first-order valence-electron chi connectivity index (χ1n) is 11.0. The first-order valence-corrected chi connectivity index (χ1v) is 12.5. The van der Waals surface area contributed by atoms with Crippen LogP contribution in [0.2, 0.25) is 5.02 Å². The second-order valence-electron chi connectivity index (χ2n) is 8.63. The highest BCUT2D eigenvalue weighted by atomic mass is 35.5. The van der Waals surface area contributed by atoms with E-state index in [-0.39, 0.29) is 5.91 Å². The number of rotatable bonds is 3. The number of aromatic nitrogens is 2. The molecule has 5 rings (SSSR count). The van der Waals surface area contributed by atoms with Crippen LogP contribution >= 0.6 is 23.4 Å². The van der Waals surface area contributed by atoms with Crippen molar-refractivity contribution in [3.63, 3.8) is 0 Å². The smallest absolute Gasteiger partial charge is 0.233 e. The van der Waals surface area contributed by atoms with E-state index in [0.717, 1.165) is 74.9 Å². The predicted molar refractivity (Wildman–Crippen MR) is 126 cm³/mol. The quantitative estimate of drug-likeness (QED) is 0.762. The number of carbonyl (C=O) groups is 1. The van der Waals surface area contributed by atoms with Gasteiger partial charge in [0.1, 0.15) is 12.1 Å². The number of benzene rings is 1. The molecular weight excluding hydrogens is 430 g/mol. The molecule has 1 unspecified atom stereocenters. The summed E-state index contributed by atoms with van der Waals surface area (Å²) in [6.07, 6.45) is 3.33. The van der Waals surface area contributed by atoms with Crippen LogP contribution in [0.4, 0.5) is 5.82 Å². The van der Waals surface area contributed by atoms with Gasteiger partial charge in [0, 0.05) is 47.8 Å². The maximum absolute atomic E-state index is 13.9. The van der Waals surface area contributed by atoms with Gasteiger partial charge in [0.05, 0.1) is 11.1 Å². The molecular formula is C23H28ClN5OS. The van der Waals surface area contributed by atoms with Gasteiger partial charge in [-0.2, -0.15) is 0 Å². The standard InChI is InChI=1S/C23H28ClN5OS/c1-16-20-19(14-31-16)26-15-27-21(20)28-10-12-29(13-11-28)22(30)23(6-8-25-9-7-23)17-2-4-18(24)5-3-17/h2-5,15-16,25H,6-14H2,1H3. The molecule has 164 valence electrons. The molecule has 8 heteroatoms. The third kappa shape index (κ3) is 3.81. The van der Waals surface area contributed by atoms with E-state index in [4.69, 9.17) is 11.6 Å². The van der Waals surface area contributed by atoms with Crippen LogP contribution in [0, 0.1) is 0 Å². The minimum Gasteiger partial charge on any atom is -0.353 e. The first kappa shape index (κ1) is 21.0. The lowest BCUT2D eigenvalue weighted by molar-refractivity contribution is -0.139. The number of piperidine rings is 1. The van der Waals surface area contributed by atoms with E-state index in [1.807, 2.05) is 36.0 Å². The third-order valence-electron chi connectivity index (χ3n) is 6.95. The third-order valence-corrected chi connectivity index (χ3v) is 8.38. The molecule has 3 aliphatic rings. The van der Waals surface area contributed by atoms with Gasteiger partial charge in [-0.25, -0.2) is 9.97 Å². The Hall–Kier alpha value is -1.83. The van der Waals surface area contributed by atoms with Gasteiger partial charge in [-0.05, 0) is 50.6 Å². The SMILES string of the molecule is CC1SCc2ncnc(N3CCN(C(=O)C4(c5ccc(Cl)cc5)CCNCC4)CC3)c21. The van der Waals surface area contributed by atoms with Crippen LogP contribution in [0.1, 0.15) is 41.8 Å². The zero-order valence-corrected chi connectivity index (χ0v) is 19.4. The number of carbonyl (C=O) groups excluding carboxylic acids is 1. The van der Waals surface area contributed by atoms with Crippen molar-refractivity contribution >= 4 is 35.1 Å². The molecule has 4 heterocycles. The number of nitrogens with zero attached hydrogens (tertiary/aromatic N) is 4. The van der Waals surface area contributed by atoms with Gasteiger partial charge in [-0.15, -0.1) is 11.8 Å². The van der Waals surface area contributed by atoms with Crippen LogP contribution in [0.15, 0.2) is 30.6 Å². The summed E-state index contributed by atoms with van der Waals surface area (Å²) in [4.78, 5) is 27.4. The van der Waals surface area contributed by atoms with Gasteiger partial charge >= 0.3 is 0 Å². The maximum atomic E-state index is 13.9. The molecule has 1 N–H and O–H groups in total. The monoisotopic (exact) mass is 457 g/mol. The molecule has 1 aromatic heterocycles. The molecule has 2 aromatic rings. The summed E-state index contributed by atoms with van der Waals surface area (Å²) in [6, 6.07) is 7.87. The van der Waals surface area contributed by atoms with Crippen molar-refractivity contribution in [3.8, 4) is 0 Å². The summed E-state index contributed by atoms with van der Waals surface area (Å²) < 4.78 is 0. The summed E-state index contributed by atoms with van der Waals surface area (Å²) in [5.74, 6) is 2.28. The fraction of sp³-hybridized carbons (Fsp3) is 0.522. The number of fused-ring (bicyclic) bond motifs is 1. The van der Waals surface area contributed by atoms with E-state index in [2.05, 4.69) is 32.0 Å². The van der Waals surface area contributed by atoms with Crippen LogP contribution < -0.4 is 10.2 Å². The van der Waals surface area contributed by atoms with Gasteiger partial charge in [0.25, 0.3) is 0 Å². The first-order chi connectivity index (χ1) is 15.1. The number of nitrogens with one attached hydrogen (secondary N) is 1. The van der Waals surface area contributed by atoms with E-state index < -0.39 is 5.41 Å². The normalized spacial score (nSPS) is 23.0. The van der Waals surface area contributed by atoms with Gasteiger partial charge in [0.2, 0.25) is 5.91 Å². The molecule has 0 aliphatic carbocycles. The van der Waals surface area contributed by atoms with E-state index in [1.54, 1.807) is 6.33 Å². The van der Waals surface area contributed by atoms with Crippen LogP contribution in [-0.4, -0.2) is 60.0 Å².